The molecule has 1 aromatic carbocycles. The normalized spacial score (nSPS) is 11.5. The Morgan fingerprint density at radius 1 is 1.13 bits per heavy atom. The van der Waals surface area contributed by atoms with Crippen molar-refractivity contribution >= 4 is 5.82 Å². The number of aromatic nitrogens is 1. The van der Waals surface area contributed by atoms with Gasteiger partial charge in [0.2, 0.25) is 0 Å². The van der Waals surface area contributed by atoms with Crippen molar-refractivity contribution in [2.75, 3.05) is 12.3 Å². The molecule has 0 aliphatic carbocycles. The predicted molar refractivity (Wildman–Crippen MR) is 94.6 cm³/mol. The molecule has 4 heteroatoms. The molecule has 0 amide bonds. The number of nitrogens with zero attached hydrogens (tertiary/aromatic N) is 1. The van der Waals surface area contributed by atoms with Crippen molar-refractivity contribution in [3.8, 4) is 16.9 Å². The number of aryl methyl sites for hydroxylation is 2. The van der Waals surface area contributed by atoms with Gasteiger partial charge >= 0.3 is 0 Å². The maximum absolute atomic E-state index is 9.73. The van der Waals surface area contributed by atoms with E-state index in [1.165, 1.54) is 5.56 Å². The average Bonchev–Trinajstić information content (AvgIpc) is 2.47. The molecule has 2 rings (SSSR count). The molecule has 1 aromatic heterocycles. The van der Waals surface area contributed by atoms with E-state index in [0.717, 1.165) is 28.9 Å². The lowest BCUT2D eigenvalue weighted by Crippen LogP contribution is -2.19. The molecule has 4 nitrogen and oxygen atoms in total. The summed E-state index contributed by atoms with van der Waals surface area (Å²) in [6.07, 6.45) is 3.32. The largest absolute Gasteiger partial charge is 0.494 e. The van der Waals surface area contributed by atoms with Gasteiger partial charge in [-0.1, -0.05) is 6.07 Å². The fraction of sp³-hybridized carbons (Fsp3) is 0.421. The van der Waals surface area contributed by atoms with Crippen LogP contribution in [-0.4, -0.2) is 22.3 Å². The van der Waals surface area contributed by atoms with E-state index in [1.54, 1.807) is 6.20 Å². The maximum atomic E-state index is 9.73. The van der Waals surface area contributed by atoms with Gasteiger partial charge in [-0.25, -0.2) is 4.98 Å². The molecule has 1 heterocycles. The second kappa shape index (κ2) is 7.01. The Bertz CT molecular complexity index is 676. The Balaban J connectivity index is 2.15. The molecule has 0 aliphatic heterocycles. The lowest BCUT2D eigenvalue weighted by atomic mass is 9.97. The molecule has 0 saturated heterocycles. The second-order valence-corrected chi connectivity index (χ2v) is 6.67. The number of hydrogen-bond donors (Lipinski definition) is 2. The number of pyridine rings is 1. The zero-order valence-electron chi connectivity index (χ0n) is 14.4. The molecule has 0 fully saturated rings. The Morgan fingerprint density at radius 3 is 2.52 bits per heavy atom. The summed E-state index contributed by atoms with van der Waals surface area (Å²) in [4.78, 5) is 4.12. The lowest BCUT2D eigenvalue weighted by Gasteiger charge is -2.17. The standard InChI is InChI=1S/C19H26N2O2/c1-13-6-7-15(23-9-5-8-19(3,4)22)10-16(13)17-11-18(20)21-12-14(17)2/h6-7,10-12,22H,5,8-9H2,1-4H3,(H2,20,21). The van der Waals surface area contributed by atoms with Crippen molar-refractivity contribution in [3.63, 3.8) is 0 Å². The first-order chi connectivity index (χ1) is 10.8. The summed E-state index contributed by atoms with van der Waals surface area (Å²) in [7, 11) is 0. The molecule has 3 N–H and O–H groups in total. The van der Waals surface area contributed by atoms with E-state index in [2.05, 4.69) is 18.0 Å². The molecule has 0 radical (unpaired) electrons. The predicted octanol–water partition coefficient (Wildman–Crippen LogP) is 3.88. The lowest BCUT2D eigenvalue weighted by molar-refractivity contribution is 0.0641. The fourth-order valence-electron chi connectivity index (χ4n) is 2.51. The summed E-state index contributed by atoms with van der Waals surface area (Å²) in [5.74, 6) is 1.35. The van der Waals surface area contributed by atoms with Crippen LogP contribution in [0.4, 0.5) is 5.82 Å². The molecule has 2 aromatic rings. The summed E-state index contributed by atoms with van der Waals surface area (Å²) in [5, 5.41) is 9.73. The molecule has 23 heavy (non-hydrogen) atoms. The Morgan fingerprint density at radius 2 is 1.83 bits per heavy atom. The smallest absolute Gasteiger partial charge is 0.123 e. The molecule has 0 atom stereocenters. The number of ether oxygens (including phenoxy) is 1. The highest BCUT2D eigenvalue weighted by atomic mass is 16.5. The van der Waals surface area contributed by atoms with Crippen LogP contribution in [0.5, 0.6) is 5.75 Å². The molecular weight excluding hydrogens is 288 g/mol. The Kier molecular flexibility index (Phi) is 5.26. The van der Waals surface area contributed by atoms with Gasteiger partial charge in [0, 0.05) is 6.20 Å². The summed E-state index contributed by atoms with van der Waals surface area (Å²) in [6.45, 7) is 8.31. The van der Waals surface area contributed by atoms with Gasteiger partial charge in [-0.3, -0.25) is 0 Å². The number of rotatable bonds is 6. The summed E-state index contributed by atoms with van der Waals surface area (Å²) in [6, 6.07) is 7.97. The summed E-state index contributed by atoms with van der Waals surface area (Å²) >= 11 is 0. The molecule has 0 spiro atoms. The summed E-state index contributed by atoms with van der Waals surface area (Å²) < 4.78 is 5.83. The van der Waals surface area contributed by atoms with Crippen molar-refractivity contribution < 1.29 is 9.84 Å². The van der Waals surface area contributed by atoms with Gasteiger partial charge in [0.15, 0.2) is 0 Å². The first-order valence-electron chi connectivity index (χ1n) is 7.94. The van der Waals surface area contributed by atoms with E-state index >= 15 is 0 Å². The van der Waals surface area contributed by atoms with Crippen molar-refractivity contribution in [1.82, 2.24) is 4.98 Å². The van der Waals surface area contributed by atoms with E-state index in [-0.39, 0.29) is 0 Å². The van der Waals surface area contributed by atoms with Gasteiger partial charge in [0.1, 0.15) is 11.6 Å². The third kappa shape index (κ3) is 4.96. The quantitative estimate of drug-likeness (QED) is 0.794. The minimum absolute atomic E-state index is 0.515. The summed E-state index contributed by atoms with van der Waals surface area (Å²) in [5.41, 5.74) is 9.62. The monoisotopic (exact) mass is 314 g/mol. The van der Waals surface area contributed by atoms with Crippen LogP contribution in [0.25, 0.3) is 11.1 Å². The molecule has 0 unspecified atom stereocenters. The average molecular weight is 314 g/mol. The van der Waals surface area contributed by atoms with Crippen molar-refractivity contribution in [3.05, 3.63) is 41.6 Å². The van der Waals surface area contributed by atoms with Gasteiger partial charge < -0.3 is 15.6 Å². The highest BCUT2D eigenvalue weighted by Gasteiger charge is 2.12. The van der Waals surface area contributed by atoms with E-state index in [4.69, 9.17) is 10.5 Å². The third-order valence-electron chi connectivity index (χ3n) is 3.83. The van der Waals surface area contributed by atoms with Crippen molar-refractivity contribution in [2.45, 2.75) is 46.1 Å². The van der Waals surface area contributed by atoms with Gasteiger partial charge in [-0.2, -0.15) is 0 Å². The van der Waals surface area contributed by atoms with Crippen LogP contribution in [0, 0.1) is 13.8 Å². The topological polar surface area (TPSA) is 68.4 Å². The molecule has 0 aliphatic rings. The minimum Gasteiger partial charge on any atom is -0.494 e. The number of nitrogen functional groups attached to an aromatic ring is 1. The van der Waals surface area contributed by atoms with Gasteiger partial charge in [-0.15, -0.1) is 0 Å². The van der Waals surface area contributed by atoms with Crippen LogP contribution in [0.3, 0.4) is 0 Å². The second-order valence-electron chi connectivity index (χ2n) is 6.67. The van der Waals surface area contributed by atoms with Gasteiger partial charge in [0.05, 0.1) is 12.2 Å². The number of aliphatic hydroxyl groups is 1. The SMILES string of the molecule is Cc1ccc(OCCCC(C)(C)O)cc1-c1cc(N)ncc1C. The first kappa shape index (κ1) is 17.3. The first-order valence-corrected chi connectivity index (χ1v) is 7.94. The molecule has 0 saturated carbocycles. The van der Waals surface area contributed by atoms with Crippen LogP contribution in [-0.2, 0) is 0 Å². The van der Waals surface area contributed by atoms with E-state index in [0.29, 0.717) is 18.8 Å². The van der Waals surface area contributed by atoms with Crippen LogP contribution in [0.1, 0.15) is 37.8 Å². The minimum atomic E-state index is -0.645. The van der Waals surface area contributed by atoms with E-state index in [1.807, 2.05) is 39.0 Å². The highest BCUT2D eigenvalue weighted by Crippen LogP contribution is 2.30. The van der Waals surface area contributed by atoms with Crippen molar-refractivity contribution in [2.24, 2.45) is 0 Å². The number of hydrogen-bond acceptors (Lipinski definition) is 4. The number of benzene rings is 1. The molecule has 0 bridgehead atoms. The Labute approximate surface area is 138 Å². The van der Waals surface area contributed by atoms with Crippen LogP contribution >= 0.6 is 0 Å². The maximum Gasteiger partial charge on any atom is 0.123 e. The van der Waals surface area contributed by atoms with Gasteiger partial charge in [-0.05, 0) is 81.0 Å². The number of nitrogens with two attached hydrogens (primary N) is 1. The Hall–Kier alpha value is -2.07. The fourth-order valence-corrected chi connectivity index (χ4v) is 2.51. The molecule has 124 valence electrons. The van der Waals surface area contributed by atoms with Crippen LogP contribution in [0.2, 0.25) is 0 Å². The highest BCUT2D eigenvalue weighted by molar-refractivity contribution is 5.73. The van der Waals surface area contributed by atoms with Crippen LogP contribution in [0.15, 0.2) is 30.5 Å². The zero-order valence-corrected chi connectivity index (χ0v) is 14.4. The van der Waals surface area contributed by atoms with Crippen LogP contribution < -0.4 is 10.5 Å². The van der Waals surface area contributed by atoms with E-state index in [9.17, 15) is 5.11 Å². The van der Waals surface area contributed by atoms with Gasteiger partial charge in [0.25, 0.3) is 0 Å². The zero-order chi connectivity index (χ0) is 17.0. The number of anilines is 1. The molecular formula is C19H26N2O2. The van der Waals surface area contributed by atoms with Crippen molar-refractivity contribution in [1.29, 1.82) is 0 Å². The third-order valence-corrected chi connectivity index (χ3v) is 3.83. The van der Waals surface area contributed by atoms with E-state index < -0.39 is 5.60 Å².